The summed E-state index contributed by atoms with van der Waals surface area (Å²) in [4.78, 5) is 15.8. The molecule has 1 aromatic heterocycles. The van der Waals surface area contributed by atoms with Gasteiger partial charge < -0.3 is 9.67 Å². The van der Waals surface area contributed by atoms with Crippen LogP contribution < -0.4 is 0 Å². The zero-order valence-corrected chi connectivity index (χ0v) is 12.2. The number of imidazole rings is 1. The fourth-order valence-electron chi connectivity index (χ4n) is 4.44. The molecule has 0 aliphatic heterocycles. The summed E-state index contributed by atoms with van der Waals surface area (Å²) in [6, 6.07) is 5.23. The number of nitrogens with zero attached hydrogens (tertiary/aromatic N) is 2. The van der Waals surface area contributed by atoms with E-state index in [9.17, 15) is 9.90 Å². The standard InChI is InChI=1S/C17H20N2O2/c1-10-18-15-5-4-13(17(20)21)8-16(15)19(10)9-14-7-11-2-3-12(14)6-11/h4-5,8,11-12,14H,2-3,6-7,9H2,1H3,(H,20,21). The van der Waals surface area contributed by atoms with Crippen LogP contribution in [0.5, 0.6) is 0 Å². The Bertz CT molecular complexity index is 719. The van der Waals surface area contributed by atoms with Gasteiger partial charge in [-0.3, -0.25) is 0 Å². The Morgan fingerprint density at radius 2 is 2.24 bits per heavy atom. The van der Waals surface area contributed by atoms with Crippen LogP contribution in [0.1, 0.15) is 41.9 Å². The van der Waals surface area contributed by atoms with Crippen molar-refractivity contribution < 1.29 is 9.90 Å². The Morgan fingerprint density at radius 3 is 2.90 bits per heavy atom. The Balaban J connectivity index is 1.71. The Morgan fingerprint density at radius 1 is 1.38 bits per heavy atom. The number of carbonyl (C=O) groups is 1. The van der Waals surface area contributed by atoms with Gasteiger partial charge in [0.25, 0.3) is 0 Å². The molecular weight excluding hydrogens is 264 g/mol. The lowest BCUT2D eigenvalue weighted by atomic mass is 9.89. The van der Waals surface area contributed by atoms with Crippen molar-refractivity contribution in [2.45, 2.75) is 39.2 Å². The highest BCUT2D eigenvalue weighted by atomic mass is 16.4. The number of hydrogen-bond acceptors (Lipinski definition) is 2. The van der Waals surface area contributed by atoms with Crippen molar-refractivity contribution >= 4 is 17.0 Å². The quantitative estimate of drug-likeness (QED) is 0.938. The highest BCUT2D eigenvalue weighted by Gasteiger charge is 2.39. The van der Waals surface area contributed by atoms with Crippen LogP contribution in [0.3, 0.4) is 0 Å². The minimum absolute atomic E-state index is 0.344. The first-order valence-corrected chi connectivity index (χ1v) is 7.82. The summed E-state index contributed by atoms with van der Waals surface area (Å²) in [5.74, 6) is 2.67. The molecule has 21 heavy (non-hydrogen) atoms. The second-order valence-corrected chi connectivity index (χ2v) is 6.71. The van der Waals surface area contributed by atoms with E-state index >= 15 is 0 Å². The topological polar surface area (TPSA) is 55.1 Å². The zero-order chi connectivity index (χ0) is 14.6. The number of benzene rings is 1. The molecule has 0 radical (unpaired) electrons. The fourth-order valence-corrected chi connectivity index (χ4v) is 4.44. The van der Waals surface area contributed by atoms with Crippen LogP contribution in [0.15, 0.2) is 18.2 Å². The highest BCUT2D eigenvalue weighted by Crippen LogP contribution is 2.49. The molecule has 4 heteroatoms. The van der Waals surface area contributed by atoms with Crippen molar-refractivity contribution in [3.63, 3.8) is 0 Å². The van der Waals surface area contributed by atoms with Crippen LogP contribution in [0.2, 0.25) is 0 Å². The van der Waals surface area contributed by atoms with Crippen molar-refractivity contribution in [1.29, 1.82) is 0 Å². The first-order chi connectivity index (χ1) is 10.1. The molecule has 1 aromatic carbocycles. The molecule has 1 heterocycles. The van der Waals surface area contributed by atoms with E-state index in [1.165, 1.54) is 25.7 Å². The van der Waals surface area contributed by atoms with E-state index in [-0.39, 0.29) is 0 Å². The minimum Gasteiger partial charge on any atom is -0.478 e. The van der Waals surface area contributed by atoms with Gasteiger partial charge in [-0.25, -0.2) is 9.78 Å². The number of carboxylic acid groups (broad SMARTS) is 1. The maximum absolute atomic E-state index is 11.2. The Hall–Kier alpha value is -1.84. The third-order valence-electron chi connectivity index (χ3n) is 5.49. The SMILES string of the molecule is Cc1nc2ccc(C(=O)O)cc2n1CC1CC2CCC1C2. The molecule has 2 aliphatic rings. The van der Waals surface area contributed by atoms with E-state index in [1.807, 2.05) is 13.0 Å². The minimum atomic E-state index is -0.873. The average molecular weight is 284 g/mol. The van der Waals surface area contributed by atoms with Crippen LogP contribution in [0, 0.1) is 24.7 Å². The molecule has 3 unspecified atom stereocenters. The third kappa shape index (κ3) is 2.04. The molecule has 2 aliphatic carbocycles. The average Bonchev–Trinajstić information content (AvgIpc) is 3.14. The molecule has 0 spiro atoms. The molecule has 4 nitrogen and oxygen atoms in total. The number of carboxylic acids is 1. The number of aromatic nitrogens is 2. The van der Waals surface area contributed by atoms with E-state index in [1.54, 1.807) is 12.1 Å². The van der Waals surface area contributed by atoms with Crippen LogP contribution in [-0.2, 0) is 6.54 Å². The van der Waals surface area contributed by atoms with Gasteiger partial charge in [0.2, 0.25) is 0 Å². The molecule has 0 amide bonds. The lowest BCUT2D eigenvalue weighted by Gasteiger charge is -2.23. The molecule has 0 saturated heterocycles. The molecule has 2 fully saturated rings. The van der Waals surface area contributed by atoms with Crippen LogP contribution >= 0.6 is 0 Å². The summed E-state index contributed by atoms with van der Waals surface area (Å²) in [6.45, 7) is 3.01. The molecule has 1 N–H and O–H groups in total. The lowest BCUT2D eigenvalue weighted by Crippen LogP contribution is -2.18. The molecule has 2 aromatic rings. The number of fused-ring (bicyclic) bond motifs is 3. The molecule has 110 valence electrons. The summed E-state index contributed by atoms with van der Waals surface area (Å²) in [5.41, 5.74) is 2.22. The lowest BCUT2D eigenvalue weighted by molar-refractivity contribution is 0.0697. The second-order valence-electron chi connectivity index (χ2n) is 6.71. The molecule has 2 bridgehead atoms. The number of aryl methyl sites for hydroxylation is 1. The number of rotatable bonds is 3. The first kappa shape index (κ1) is 12.9. The highest BCUT2D eigenvalue weighted by molar-refractivity contribution is 5.92. The van der Waals surface area contributed by atoms with Gasteiger partial charge in [-0.05, 0) is 62.1 Å². The van der Waals surface area contributed by atoms with Gasteiger partial charge in [0.15, 0.2) is 0 Å². The van der Waals surface area contributed by atoms with Gasteiger partial charge in [0.1, 0.15) is 5.82 Å². The van der Waals surface area contributed by atoms with Crippen LogP contribution in [0.4, 0.5) is 0 Å². The van der Waals surface area contributed by atoms with Gasteiger partial charge >= 0.3 is 5.97 Å². The summed E-state index contributed by atoms with van der Waals surface area (Å²) in [5, 5.41) is 9.18. The van der Waals surface area contributed by atoms with E-state index in [0.717, 1.165) is 41.2 Å². The van der Waals surface area contributed by atoms with E-state index in [4.69, 9.17) is 0 Å². The monoisotopic (exact) mass is 284 g/mol. The molecule has 2 saturated carbocycles. The largest absolute Gasteiger partial charge is 0.478 e. The third-order valence-corrected chi connectivity index (χ3v) is 5.49. The smallest absolute Gasteiger partial charge is 0.335 e. The van der Waals surface area contributed by atoms with Crippen molar-refractivity contribution in [3.05, 3.63) is 29.6 Å². The van der Waals surface area contributed by atoms with Gasteiger partial charge in [0.05, 0.1) is 16.6 Å². The van der Waals surface area contributed by atoms with Crippen LogP contribution in [-0.4, -0.2) is 20.6 Å². The van der Waals surface area contributed by atoms with Crippen molar-refractivity contribution in [2.24, 2.45) is 17.8 Å². The normalized spacial score (nSPS) is 27.6. The van der Waals surface area contributed by atoms with Gasteiger partial charge in [-0.1, -0.05) is 6.42 Å². The predicted molar refractivity (Wildman–Crippen MR) is 80.4 cm³/mol. The van der Waals surface area contributed by atoms with Gasteiger partial charge in [-0.2, -0.15) is 0 Å². The maximum Gasteiger partial charge on any atom is 0.335 e. The van der Waals surface area contributed by atoms with Crippen molar-refractivity contribution in [2.75, 3.05) is 0 Å². The first-order valence-electron chi connectivity index (χ1n) is 7.82. The van der Waals surface area contributed by atoms with Crippen LogP contribution in [0.25, 0.3) is 11.0 Å². The predicted octanol–water partition coefficient (Wildman–Crippen LogP) is 3.48. The number of aromatic carboxylic acids is 1. The molecule has 4 rings (SSSR count). The zero-order valence-electron chi connectivity index (χ0n) is 12.2. The summed E-state index contributed by atoms with van der Waals surface area (Å²) in [6.07, 6.45) is 5.52. The summed E-state index contributed by atoms with van der Waals surface area (Å²) < 4.78 is 2.23. The Kier molecular flexibility index (Phi) is 2.81. The maximum atomic E-state index is 11.2. The van der Waals surface area contributed by atoms with Crippen molar-refractivity contribution in [3.8, 4) is 0 Å². The fraction of sp³-hybridized carbons (Fsp3) is 0.529. The number of hydrogen-bond donors (Lipinski definition) is 1. The molecule has 3 atom stereocenters. The summed E-state index contributed by atoms with van der Waals surface area (Å²) in [7, 11) is 0. The summed E-state index contributed by atoms with van der Waals surface area (Å²) >= 11 is 0. The van der Waals surface area contributed by atoms with Gasteiger partial charge in [-0.15, -0.1) is 0 Å². The Labute approximate surface area is 123 Å². The van der Waals surface area contributed by atoms with E-state index < -0.39 is 5.97 Å². The van der Waals surface area contributed by atoms with E-state index in [0.29, 0.717) is 5.56 Å². The molecular formula is C17H20N2O2. The van der Waals surface area contributed by atoms with Gasteiger partial charge in [0, 0.05) is 6.54 Å². The van der Waals surface area contributed by atoms with E-state index in [2.05, 4.69) is 9.55 Å². The van der Waals surface area contributed by atoms with Crippen molar-refractivity contribution in [1.82, 2.24) is 9.55 Å². The second kappa shape index (κ2) is 4.58.